The Morgan fingerprint density at radius 2 is 1.32 bits per heavy atom. The van der Waals surface area contributed by atoms with E-state index in [0.717, 1.165) is 24.8 Å². The fourth-order valence-electron chi connectivity index (χ4n) is 3.67. The van der Waals surface area contributed by atoms with E-state index in [2.05, 4.69) is 13.8 Å². The highest BCUT2D eigenvalue weighted by Crippen LogP contribution is 2.26. The fraction of sp³-hybridized carbons (Fsp3) is 0.720. The molecule has 1 aromatic rings. The molecule has 0 heterocycles. The van der Waals surface area contributed by atoms with E-state index in [1.54, 1.807) is 0 Å². The maximum atomic E-state index is 11.9. The Bertz CT molecular complexity index is 527. The number of carbonyl (C=O) groups is 1. The predicted molar refractivity (Wildman–Crippen MR) is 122 cm³/mol. The number of rotatable bonds is 18. The SMILES string of the molecule is CCCCCCCCCCCCCCCc1cccc(OCCC)c1C(=O)Cl. The van der Waals surface area contributed by atoms with E-state index >= 15 is 0 Å². The molecule has 0 radical (unpaired) electrons. The van der Waals surface area contributed by atoms with Gasteiger partial charge in [-0.3, -0.25) is 4.79 Å². The van der Waals surface area contributed by atoms with Gasteiger partial charge in [0.15, 0.2) is 0 Å². The number of aryl methyl sites for hydroxylation is 1. The highest BCUT2D eigenvalue weighted by atomic mass is 35.5. The van der Waals surface area contributed by atoms with Crippen molar-refractivity contribution in [1.82, 2.24) is 0 Å². The smallest absolute Gasteiger partial charge is 0.256 e. The molecular formula is C25H41ClO2. The lowest BCUT2D eigenvalue weighted by Gasteiger charge is -2.12. The molecule has 0 aliphatic carbocycles. The summed E-state index contributed by atoms with van der Waals surface area (Å²) >= 11 is 5.83. The first-order valence-corrected chi connectivity index (χ1v) is 12.0. The maximum Gasteiger partial charge on any atom is 0.256 e. The van der Waals surface area contributed by atoms with Gasteiger partial charge in [-0.1, -0.05) is 103 Å². The summed E-state index contributed by atoms with van der Waals surface area (Å²) in [4.78, 5) is 11.9. The number of ether oxygens (including phenoxy) is 1. The van der Waals surface area contributed by atoms with Gasteiger partial charge in [0.25, 0.3) is 5.24 Å². The molecule has 160 valence electrons. The molecular weight excluding hydrogens is 368 g/mol. The first kappa shape index (κ1) is 25.0. The van der Waals surface area contributed by atoms with Gasteiger partial charge in [-0.05, 0) is 42.5 Å². The summed E-state index contributed by atoms with van der Waals surface area (Å²) in [6.45, 7) is 4.94. The zero-order chi connectivity index (χ0) is 20.5. The van der Waals surface area contributed by atoms with Crippen LogP contribution >= 0.6 is 11.6 Å². The highest BCUT2D eigenvalue weighted by molar-refractivity contribution is 6.68. The second kappa shape index (κ2) is 16.9. The van der Waals surface area contributed by atoms with Crippen LogP contribution in [0.4, 0.5) is 0 Å². The summed E-state index contributed by atoms with van der Waals surface area (Å²) in [6.07, 6.45) is 19.3. The average molecular weight is 409 g/mol. The van der Waals surface area contributed by atoms with Crippen LogP contribution < -0.4 is 4.74 Å². The molecule has 2 nitrogen and oxygen atoms in total. The quantitative estimate of drug-likeness (QED) is 0.180. The van der Waals surface area contributed by atoms with Crippen molar-refractivity contribution in [3.8, 4) is 5.75 Å². The van der Waals surface area contributed by atoms with E-state index < -0.39 is 5.24 Å². The largest absolute Gasteiger partial charge is 0.493 e. The Morgan fingerprint density at radius 1 is 0.786 bits per heavy atom. The van der Waals surface area contributed by atoms with Crippen LogP contribution in [-0.4, -0.2) is 11.8 Å². The van der Waals surface area contributed by atoms with Crippen molar-refractivity contribution in [3.05, 3.63) is 29.3 Å². The Balaban J connectivity index is 2.15. The number of carbonyl (C=O) groups excluding carboxylic acids is 1. The third-order valence-corrected chi connectivity index (χ3v) is 5.51. The number of halogens is 1. The van der Waals surface area contributed by atoms with Crippen LogP contribution in [0.3, 0.4) is 0 Å². The summed E-state index contributed by atoms with van der Waals surface area (Å²) in [7, 11) is 0. The molecule has 0 spiro atoms. The van der Waals surface area contributed by atoms with Crippen molar-refractivity contribution in [2.45, 2.75) is 110 Å². The van der Waals surface area contributed by atoms with Crippen LogP contribution in [0.5, 0.6) is 5.75 Å². The number of benzene rings is 1. The predicted octanol–water partition coefficient (Wildman–Crippen LogP) is 8.49. The van der Waals surface area contributed by atoms with Crippen molar-refractivity contribution in [2.24, 2.45) is 0 Å². The van der Waals surface area contributed by atoms with Crippen molar-refractivity contribution in [1.29, 1.82) is 0 Å². The van der Waals surface area contributed by atoms with E-state index in [1.165, 1.54) is 77.0 Å². The van der Waals surface area contributed by atoms with Crippen LogP contribution in [-0.2, 0) is 6.42 Å². The zero-order valence-electron chi connectivity index (χ0n) is 18.2. The van der Waals surface area contributed by atoms with Gasteiger partial charge in [0.05, 0.1) is 12.2 Å². The van der Waals surface area contributed by atoms with Gasteiger partial charge in [0.1, 0.15) is 5.75 Å². The van der Waals surface area contributed by atoms with E-state index in [4.69, 9.17) is 16.3 Å². The van der Waals surface area contributed by atoms with Crippen LogP contribution in [0, 0.1) is 0 Å². The molecule has 0 saturated carbocycles. The third-order valence-electron chi connectivity index (χ3n) is 5.32. The number of unbranched alkanes of at least 4 members (excludes halogenated alkanes) is 12. The van der Waals surface area contributed by atoms with Gasteiger partial charge >= 0.3 is 0 Å². The Kier molecular flexibility index (Phi) is 15.1. The van der Waals surface area contributed by atoms with Crippen molar-refractivity contribution in [3.63, 3.8) is 0 Å². The molecule has 0 N–H and O–H groups in total. The fourth-order valence-corrected chi connectivity index (χ4v) is 3.89. The Hall–Kier alpha value is -1.02. The normalized spacial score (nSPS) is 11.0. The van der Waals surface area contributed by atoms with E-state index in [-0.39, 0.29) is 0 Å². The van der Waals surface area contributed by atoms with Crippen LogP contribution in [0.25, 0.3) is 0 Å². The van der Waals surface area contributed by atoms with E-state index in [9.17, 15) is 4.79 Å². The molecule has 28 heavy (non-hydrogen) atoms. The molecule has 0 fully saturated rings. The molecule has 0 aromatic heterocycles. The second-order valence-corrected chi connectivity index (χ2v) is 8.25. The van der Waals surface area contributed by atoms with Gasteiger partial charge in [-0.25, -0.2) is 0 Å². The van der Waals surface area contributed by atoms with Crippen molar-refractivity contribution >= 4 is 16.8 Å². The summed E-state index contributed by atoms with van der Waals surface area (Å²) in [6, 6.07) is 5.82. The van der Waals surface area contributed by atoms with Crippen LogP contribution in [0.2, 0.25) is 0 Å². The molecule has 3 heteroatoms. The van der Waals surface area contributed by atoms with E-state index in [0.29, 0.717) is 17.9 Å². The van der Waals surface area contributed by atoms with Crippen molar-refractivity contribution in [2.75, 3.05) is 6.61 Å². The number of hydrogen-bond donors (Lipinski definition) is 0. The summed E-state index contributed by atoms with van der Waals surface area (Å²) < 4.78 is 5.70. The minimum Gasteiger partial charge on any atom is -0.493 e. The lowest BCUT2D eigenvalue weighted by Crippen LogP contribution is -2.05. The molecule has 0 aliphatic heterocycles. The minimum absolute atomic E-state index is 0.406. The van der Waals surface area contributed by atoms with Gasteiger partial charge < -0.3 is 4.74 Å². The standard InChI is InChI=1S/C25H41ClO2/c1-3-5-6-7-8-9-10-11-12-13-14-15-16-18-22-19-17-20-23(28-21-4-2)24(22)25(26)27/h17,19-20H,3-16,18,21H2,1-2H3. The van der Waals surface area contributed by atoms with Gasteiger partial charge in [-0.15, -0.1) is 0 Å². The molecule has 0 unspecified atom stereocenters. The molecule has 1 rings (SSSR count). The summed E-state index contributed by atoms with van der Waals surface area (Å²) in [5.74, 6) is 0.633. The molecule has 0 aliphatic rings. The van der Waals surface area contributed by atoms with Gasteiger partial charge in [0.2, 0.25) is 0 Å². The van der Waals surface area contributed by atoms with E-state index in [1.807, 2.05) is 18.2 Å². The third kappa shape index (κ3) is 11.1. The lowest BCUT2D eigenvalue weighted by molar-refractivity contribution is 0.107. The zero-order valence-corrected chi connectivity index (χ0v) is 19.0. The second-order valence-electron chi connectivity index (χ2n) is 7.91. The summed E-state index contributed by atoms with van der Waals surface area (Å²) in [5.41, 5.74) is 1.59. The highest BCUT2D eigenvalue weighted by Gasteiger charge is 2.15. The topological polar surface area (TPSA) is 26.3 Å². The summed E-state index contributed by atoms with van der Waals surface area (Å²) in [5, 5.41) is -0.406. The van der Waals surface area contributed by atoms with Gasteiger partial charge in [-0.2, -0.15) is 0 Å². The minimum atomic E-state index is -0.406. The molecule has 0 atom stereocenters. The van der Waals surface area contributed by atoms with Crippen LogP contribution in [0.15, 0.2) is 18.2 Å². The molecule has 0 bridgehead atoms. The average Bonchev–Trinajstić information content (AvgIpc) is 2.69. The Morgan fingerprint density at radius 3 is 1.82 bits per heavy atom. The van der Waals surface area contributed by atoms with Gasteiger partial charge in [0, 0.05) is 0 Å². The lowest BCUT2D eigenvalue weighted by atomic mass is 9.99. The monoisotopic (exact) mass is 408 g/mol. The molecule has 0 amide bonds. The first-order valence-electron chi connectivity index (χ1n) is 11.6. The van der Waals surface area contributed by atoms with Crippen molar-refractivity contribution < 1.29 is 9.53 Å². The first-order chi connectivity index (χ1) is 13.7. The Labute approximate surface area is 178 Å². The molecule has 0 saturated heterocycles. The maximum absolute atomic E-state index is 11.9. The van der Waals surface area contributed by atoms with Crippen LogP contribution in [0.1, 0.15) is 120 Å². The number of hydrogen-bond acceptors (Lipinski definition) is 2. The molecule has 1 aromatic carbocycles.